The van der Waals surface area contributed by atoms with Gasteiger partial charge in [0.1, 0.15) is 5.69 Å². The lowest BCUT2D eigenvalue weighted by Crippen LogP contribution is -2.38. The van der Waals surface area contributed by atoms with Crippen molar-refractivity contribution in [1.29, 1.82) is 0 Å². The summed E-state index contributed by atoms with van der Waals surface area (Å²) in [5.74, 6) is -0.203. The van der Waals surface area contributed by atoms with Crippen LogP contribution in [0.3, 0.4) is 0 Å². The molecule has 0 radical (unpaired) electrons. The predicted octanol–water partition coefficient (Wildman–Crippen LogP) is 0.957. The summed E-state index contributed by atoms with van der Waals surface area (Å²) in [5.41, 5.74) is 0.328. The van der Waals surface area contributed by atoms with Crippen LogP contribution in [-0.4, -0.2) is 53.3 Å². The quantitative estimate of drug-likeness (QED) is 0.889. The Morgan fingerprint density at radius 1 is 1.67 bits per heavy atom. The van der Waals surface area contributed by atoms with Crippen LogP contribution in [0.1, 0.15) is 16.9 Å². The molecule has 0 spiro atoms. The summed E-state index contributed by atoms with van der Waals surface area (Å²) < 4.78 is 5.23. The number of nitrogens with zero attached hydrogens (tertiary/aromatic N) is 2. The molecule has 1 aromatic rings. The first-order valence-corrected chi connectivity index (χ1v) is 6.09. The highest BCUT2D eigenvalue weighted by Gasteiger charge is 2.35. The number of hydrogen-bond acceptors (Lipinski definition) is 4. The number of likely N-dealkylation sites (tertiary alicyclic amines) is 1. The summed E-state index contributed by atoms with van der Waals surface area (Å²) in [5, 5.41) is 9.79. The van der Waals surface area contributed by atoms with E-state index in [2.05, 4.69) is 4.98 Å². The Balaban J connectivity index is 2.15. The molecular weight excluding hydrogens is 256 g/mol. The van der Waals surface area contributed by atoms with E-state index in [1.807, 2.05) is 0 Å². The molecule has 1 N–H and O–H groups in total. The van der Waals surface area contributed by atoms with Gasteiger partial charge in [0.25, 0.3) is 5.91 Å². The fourth-order valence-electron chi connectivity index (χ4n) is 2.12. The van der Waals surface area contributed by atoms with Crippen molar-refractivity contribution < 1.29 is 14.6 Å². The van der Waals surface area contributed by atoms with Gasteiger partial charge in [0, 0.05) is 19.9 Å². The molecule has 0 saturated carbocycles. The van der Waals surface area contributed by atoms with Crippen molar-refractivity contribution in [2.45, 2.75) is 18.6 Å². The number of rotatable bonds is 3. The highest BCUT2D eigenvalue weighted by Crippen LogP contribution is 2.21. The summed E-state index contributed by atoms with van der Waals surface area (Å²) in [6.07, 6.45) is 2.05. The summed E-state index contributed by atoms with van der Waals surface area (Å²) in [7, 11) is 1.60. The average molecular weight is 271 g/mol. The number of hydrogen-bond donors (Lipinski definition) is 1. The lowest BCUT2D eigenvalue weighted by Gasteiger charge is -2.22. The van der Waals surface area contributed by atoms with Gasteiger partial charge in [-0.3, -0.25) is 4.79 Å². The topological polar surface area (TPSA) is 62.7 Å². The molecule has 5 nitrogen and oxygen atoms in total. The zero-order chi connectivity index (χ0) is 13.1. The third-order valence-electron chi connectivity index (χ3n) is 3.13. The molecule has 1 fully saturated rings. The van der Waals surface area contributed by atoms with E-state index in [4.69, 9.17) is 16.3 Å². The normalized spacial score (nSPS) is 23.4. The Labute approximate surface area is 110 Å². The zero-order valence-corrected chi connectivity index (χ0v) is 10.8. The number of carbonyl (C=O) groups excluding carboxylic acids is 1. The van der Waals surface area contributed by atoms with Gasteiger partial charge in [-0.05, 0) is 18.6 Å². The molecule has 2 rings (SSSR count). The summed E-state index contributed by atoms with van der Waals surface area (Å²) in [6, 6.07) is 3.00. The molecule has 1 saturated heterocycles. The van der Waals surface area contributed by atoms with E-state index in [-0.39, 0.29) is 24.7 Å². The maximum absolute atomic E-state index is 12.2. The van der Waals surface area contributed by atoms with Gasteiger partial charge >= 0.3 is 0 Å². The first kappa shape index (κ1) is 13.3. The number of ether oxygens (including phenoxy) is 1. The van der Waals surface area contributed by atoms with Gasteiger partial charge in [-0.2, -0.15) is 0 Å². The lowest BCUT2D eigenvalue weighted by atomic mass is 10.2. The third-order valence-corrected chi connectivity index (χ3v) is 3.35. The zero-order valence-electron chi connectivity index (χ0n) is 10.0. The molecule has 1 aliphatic rings. The number of aromatic nitrogens is 1. The van der Waals surface area contributed by atoms with E-state index in [0.717, 1.165) is 0 Å². The number of amides is 1. The highest BCUT2D eigenvalue weighted by atomic mass is 35.5. The minimum Gasteiger partial charge on any atom is -0.394 e. The maximum Gasteiger partial charge on any atom is 0.272 e. The van der Waals surface area contributed by atoms with Gasteiger partial charge in [-0.25, -0.2) is 4.98 Å². The highest BCUT2D eigenvalue weighted by molar-refractivity contribution is 6.30. The van der Waals surface area contributed by atoms with Crippen molar-refractivity contribution in [2.75, 3.05) is 20.3 Å². The largest absolute Gasteiger partial charge is 0.394 e. The number of pyridine rings is 1. The first-order chi connectivity index (χ1) is 8.65. The summed E-state index contributed by atoms with van der Waals surface area (Å²) in [6.45, 7) is 0.407. The smallest absolute Gasteiger partial charge is 0.272 e. The van der Waals surface area contributed by atoms with E-state index < -0.39 is 0 Å². The fourth-order valence-corrected chi connectivity index (χ4v) is 2.23. The molecule has 0 aliphatic carbocycles. The Morgan fingerprint density at radius 3 is 3.00 bits per heavy atom. The number of methoxy groups -OCH3 is 1. The Hall–Kier alpha value is -1.17. The Kier molecular flexibility index (Phi) is 4.16. The molecule has 1 aromatic heterocycles. The minimum atomic E-state index is -0.208. The monoisotopic (exact) mass is 270 g/mol. The number of aliphatic hydroxyl groups is 1. The van der Waals surface area contributed by atoms with Crippen LogP contribution in [0.25, 0.3) is 0 Å². The van der Waals surface area contributed by atoms with E-state index >= 15 is 0 Å². The molecule has 2 heterocycles. The van der Waals surface area contributed by atoms with Gasteiger partial charge in [0.15, 0.2) is 0 Å². The van der Waals surface area contributed by atoms with Crippen molar-refractivity contribution >= 4 is 17.5 Å². The number of halogens is 1. The molecule has 98 valence electrons. The van der Waals surface area contributed by atoms with Gasteiger partial charge in [-0.15, -0.1) is 0 Å². The molecule has 0 unspecified atom stereocenters. The van der Waals surface area contributed by atoms with Crippen LogP contribution in [0.5, 0.6) is 0 Å². The predicted molar refractivity (Wildman–Crippen MR) is 66.6 cm³/mol. The van der Waals surface area contributed by atoms with Gasteiger partial charge in [0.05, 0.1) is 23.8 Å². The van der Waals surface area contributed by atoms with Gasteiger partial charge in [0.2, 0.25) is 0 Å². The van der Waals surface area contributed by atoms with Crippen molar-refractivity contribution in [2.24, 2.45) is 0 Å². The van der Waals surface area contributed by atoms with Crippen molar-refractivity contribution in [3.63, 3.8) is 0 Å². The maximum atomic E-state index is 12.2. The van der Waals surface area contributed by atoms with Gasteiger partial charge in [-0.1, -0.05) is 11.6 Å². The van der Waals surface area contributed by atoms with E-state index in [9.17, 15) is 9.90 Å². The van der Waals surface area contributed by atoms with Crippen LogP contribution in [0.2, 0.25) is 5.02 Å². The molecule has 1 amide bonds. The minimum absolute atomic E-state index is 0.0293. The Morgan fingerprint density at radius 2 is 2.44 bits per heavy atom. The SMILES string of the molecule is CO[C@H]1C[C@@H](CO)N(C(=O)c2ccc(Cl)cn2)C1. The van der Waals surface area contributed by atoms with Crippen molar-refractivity contribution in [3.05, 3.63) is 29.0 Å². The molecule has 0 bridgehead atoms. The molecule has 1 aliphatic heterocycles. The summed E-state index contributed by atoms with van der Waals surface area (Å²) >= 11 is 5.73. The van der Waals surface area contributed by atoms with Crippen molar-refractivity contribution in [3.8, 4) is 0 Å². The molecular formula is C12H15ClN2O3. The standard InChI is InChI=1S/C12H15ClN2O3/c1-18-10-4-9(7-16)15(6-10)12(17)11-3-2-8(13)5-14-11/h2-3,5,9-10,16H,4,6-7H2,1H3/t9-,10-/m0/s1. The van der Waals surface area contributed by atoms with Crippen molar-refractivity contribution in [1.82, 2.24) is 9.88 Å². The molecule has 0 aromatic carbocycles. The average Bonchev–Trinajstić information content (AvgIpc) is 2.82. The fraction of sp³-hybridized carbons (Fsp3) is 0.500. The molecule has 6 heteroatoms. The van der Waals surface area contributed by atoms with Crippen LogP contribution in [0.15, 0.2) is 18.3 Å². The van der Waals surface area contributed by atoms with Crippen LogP contribution in [-0.2, 0) is 4.74 Å². The number of aliphatic hydroxyl groups excluding tert-OH is 1. The third kappa shape index (κ3) is 2.63. The first-order valence-electron chi connectivity index (χ1n) is 5.72. The lowest BCUT2D eigenvalue weighted by molar-refractivity contribution is 0.0642. The van der Waals surface area contributed by atoms with E-state index in [1.54, 1.807) is 24.1 Å². The summed E-state index contributed by atoms with van der Waals surface area (Å²) in [4.78, 5) is 17.8. The second kappa shape index (κ2) is 5.65. The molecule has 2 atom stereocenters. The van der Waals surface area contributed by atoms with Crippen LogP contribution >= 0.6 is 11.6 Å². The number of carbonyl (C=O) groups is 1. The van der Waals surface area contributed by atoms with Crippen LogP contribution in [0.4, 0.5) is 0 Å². The van der Waals surface area contributed by atoms with E-state index in [1.165, 1.54) is 6.20 Å². The van der Waals surface area contributed by atoms with Crippen LogP contribution < -0.4 is 0 Å². The second-order valence-corrected chi connectivity index (χ2v) is 4.69. The molecule has 18 heavy (non-hydrogen) atoms. The second-order valence-electron chi connectivity index (χ2n) is 4.25. The Bertz CT molecular complexity index is 424. The van der Waals surface area contributed by atoms with Gasteiger partial charge < -0.3 is 14.7 Å². The van der Waals surface area contributed by atoms with E-state index in [0.29, 0.717) is 23.7 Å². The van der Waals surface area contributed by atoms with Crippen LogP contribution in [0, 0.1) is 0 Å².